The third-order valence-corrected chi connectivity index (χ3v) is 5.68. The lowest BCUT2D eigenvalue weighted by molar-refractivity contribution is 0.601. The van der Waals surface area contributed by atoms with Crippen LogP contribution in [0.25, 0.3) is 0 Å². The first-order chi connectivity index (χ1) is 12.9. The highest BCUT2D eigenvalue weighted by Gasteiger charge is 2.13. The zero-order valence-corrected chi connectivity index (χ0v) is 16.3. The summed E-state index contributed by atoms with van der Waals surface area (Å²) >= 11 is 11.8. The standard InChI is InChI=1S/C19H15Cl2N3O2S/c20-18-11-6-14(12-19(18)21)13-22-23-15-7-9-16(10-8-15)24-27(25,26)17-4-2-1-3-5-17/h1-13,23-24H/b22-13+. The van der Waals surface area contributed by atoms with Crippen LogP contribution in [-0.4, -0.2) is 14.6 Å². The summed E-state index contributed by atoms with van der Waals surface area (Å²) in [6.45, 7) is 0. The lowest BCUT2D eigenvalue weighted by Gasteiger charge is -2.08. The van der Waals surface area contributed by atoms with E-state index >= 15 is 0 Å². The monoisotopic (exact) mass is 419 g/mol. The van der Waals surface area contributed by atoms with Crippen molar-refractivity contribution in [2.45, 2.75) is 4.90 Å². The van der Waals surface area contributed by atoms with Crippen LogP contribution in [0.15, 0.2) is 82.8 Å². The molecule has 0 amide bonds. The maximum Gasteiger partial charge on any atom is 0.261 e. The molecule has 5 nitrogen and oxygen atoms in total. The Bertz CT molecular complexity index is 1050. The number of sulfonamides is 1. The number of benzene rings is 3. The summed E-state index contributed by atoms with van der Waals surface area (Å²) in [5, 5.41) is 5.06. The Morgan fingerprint density at radius 1 is 0.815 bits per heavy atom. The van der Waals surface area contributed by atoms with Gasteiger partial charge in [0.25, 0.3) is 10.0 Å². The van der Waals surface area contributed by atoms with Crippen LogP contribution in [0.1, 0.15) is 5.56 Å². The van der Waals surface area contributed by atoms with Crippen LogP contribution in [-0.2, 0) is 10.0 Å². The van der Waals surface area contributed by atoms with Gasteiger partial charge in [0.05, 0.1) is 26.8 Å². The number of halogens is 2. The molecule has 27 heavy (non-hydrogen) atoms. The summed E-state index contributed by atoms with van der Waals surface area (Å²) in [6, 6.07) is 20.1. The molecule has 0 radical (unpaired) electrons. The van der Waals surface area contributed by atoms with Crippen molar-refractivity contribution in [3.05, 3.63) is 88.4 Å². The molecule has 8 heteroatoms. The summed E-state index contributed by atoms with van der Waals surface area (Å²) in [5.41, 5.74) is 4.82. The van der Waals surface area contributed by atoms with E-state index in [1.165, 1.54) is 12.1 Å². The molecule has 0 spiro atoms. The average Bonchev–Trinajstić information content (AvgIpc) is 2.66. The van der Waals surface area contributed by atoms with Crippen molar-refractivity contribution in [2.24, 2.45) is 5.10 Å². The van der Waals surface area contributed by atoms with E-state index in [9.17, 15) is 8.42 Å². The molecular formula is C19H15Cl2N3O2S. The second kappa shape index (κ2) is 8.43. The molecule has 3 rings (SSSR count). The minimum absolute atomic E-state index is 0.207. The van der Waals surface area contributed by atoms with Crippen molar-refractivity contribution in [2.75, 3.05) is 10.1 Å². The minimum atomic E-state index is -3.61. The van der Waals surface area contributed by atoms with Gasteiger partial charge < -0.3 is 0 Å². The normalized spacial score (nSPS) is 11.5. The van der Waals surface area contributed by atoms with Crippen LogP contribution in [0, 0.1) is 0 Å². The number of hydrogen-bond acceptors (Lipinski definition) is 4. The van der Waals surface area contributed by atoms with E-state index in [2.05, 4.69) is 15.2 Å². The average molecular weight is 420 g/mol. The Balaban J connectivity index is 1.63. The predicted octanol–water partition coefficient (Wildman–Crippen LogP) is 5.24. The smallest absolute Gasteiger partial charge is 0.261 e. The molecule has 0 aliphatic carbocycles. The van der Waals surface area contributed by atoms with E-state index in [0.29, 0.717) is 21.4 Å². The van der Waals surface area contributed by atoms with E-state index < -0.39 is 10.0 Å². The Hall–Kier alpha value is -2.54. The number of nitrogens with zero attached hydrogens (tertiary/aromatic N) is 1. The van der Waals surface area contributed by atoms with Crippen LogP contribution in [0.4, 0.5) is 11.4 Å². The fourth-order valence-electron chi connectivity index (χ4n) is 2.20. The number of hydrazone groups is 1. The summed E-state index contributed by atoms with van der Waals surface area (Å²) in [5.74, 6) is 0. The molecule has 0 saturated carbocycles. The molecule has 0 heterocycles. The molecule has 2 N–H and O–H groups in total. The highest BCUT2D eigenvalue weighted by Crippen LogP contribution is 2.22. The molecule has 0 aliphatic rings. The van der Waals surface area contributed by atoms with Gasteiger partial charge in [0.1, 0.15) is 0 Å². The fourth-order valence-corrected chi connectivity index (χ4v) is 3.59. The Morgan fingerprint density at radius 3 is 2.15 bits per heavy atom. The SMILES string of the molecule is O=S(=O)(Nc1ccc(N/N=C/c2ccc(Cl)c(Cl)c2)cc1)c1ccccc1. The van der Waals surface area contributed by atoms with Crippen molar-refractivity contribution in [1.29, 1.82) is 0 Å². The lowest BCUT2D eigenvalue weighted by atomic mass is 10.2. The van der Waals surface area contributed by atoms with Crippen LogP contribution in [0.2, 0.25) is 10.0 Å². The minimum Gasteiger partial charge on any atom is -0.280 e. The Morgan fingerprint density at radius 2 is 1.48 bits per heavy atom. The zero-order chi connectivity index (χ0) is 19.3. The Labute approximate surface area is 167 Å². The summed E-state index contributed by atoms with van der Waals surface area (Å²) in [4.78, 5) is 0.207. The highest BCUT2D eigenvalue weighted by molar-refractivity contribution is 7.92. The fraction of sp³-hybridized carbons (Fsp3) is 0. The van der Waals surface area contributed by atoms with Gasteiger partial charge >= 0.3 is 0 Å². The maximum absolute atomic E-state index is 12.3. The molecule has 3 aromatic rings. The quantitative estimate of drug-likeness (QED) is 0.423. The van der Waals surface area contributed by atoms with Crippen molar-refractivity contribution < 1.29 is 8.42 Å². The lowest BCUT2D eigenvalue weighted by Crippen LogP contribution is -2.12. The summed E-state index contributed by atoms with van der Waals surface area (Å²) in [6.07, 6.45) is 1.61. The summed E-state index contributed by atoms with van der Waals surface area (Å²) in [7, 11) is -3.61. The van der Waals surface area contributed by atoms with Gasteiger partial charge in [0.15, 0.2) is 0 Å². The third kappa shape index (κ3) is 5.23. The van der Waals surface area contributed by atoms with Crippen molar-refractivity contribution in [3.63, 3.8) is 0 Å². The largest absolute Gasteiger partial charge is 0.280 e. The second-order valence-electron chi connectivity index (χ2n) is 5.54. The molecule has 0 atom stereocenters. The van der Waals surface area contributed by atoms with E-state index in [-0.39, 0.29) is 4.90 Å². The molecular weight excluding hydrogens is 405 g/mol. The third-order valence-electron chi connectivity index (χ3n) is 3.54. The predicted molar refractivity (Wildman–Crippen MR) is 111 cm³/mol. The number of hydrogen-bond donors (Lipinski definition) is 2. The van der Waals surface area contributed by atoms with E-state index in [1.807, 2.05) is 0 Å². The topological polar surface area (TPSA) is 70.6 Å². The van der Waals surface area contributed by atoms with Crippen LogP contribution in [0.5, 0.6) is 0 Å². The van der Waals surface area contributed by atoms with Gasteiger partial charge in [-0.05, 0) is 54.1 Å². The maximum atomic E-state index is 12.3. The number of nitrogens with one attached hydrogen (secondary N) is 2. The molecule has 3 aromatic carbocycles. The van der Waals surface area contributed by atoms with E-state index in [4.69, 9.17) is 23.2 Å². The molecule has 138 valence electrons. The van der Waals surface area contributed by atoms with Gasteiger partial charge in [-0.25, -0.2) is 8.42 Å². The first-order valence-corrected chi connectivity index (χ1v) is 10.1. The zero-order valence-electron chi connectivity index (χ0n) is 13.9. The van der Waals surface area contributed by atoms with Gasteiger partial charge in [-0.1, -0.05) is 47.5 Å². The van der Waals surface area contributed by atoms with Gasteiger partial charge in [-0.2, -0.15) is 5.10 Å². The summed E-state index contributed by atoms with van der Waals surface area (Å²) < 4.78 is 27.1. The van der Waals surface area contributed by atoms with E-state index in [0.717, 1.165) is 5.56 Å². The van der Waals surface area contributed by atoms with Gasteiger partial charge in [0.2, 0.25) is 0 Å². The van der Waals surface area contributed by atoms with Crippen molar-refractivity contribution >= 4 is 50.8 Å². The van der Waals surface area contributed by atoms with Crippen LogP contribution < -0.4 is 10.1 Å². The first kappa shape index (κ1) is 19.2. The molecule has 0 bridgehead atoms. The molecule has 0 aliphatic heterocycles. The van der Waals surface area contributed by atoms with Crippen LogP contribution >= 0.6 is 23.2 Å². The van der Waals surface area contributed by atoms with Gasteiger partial charge in [-0.15, -0.1) is 0 Å². The second-order valence-corrected chi connectivity index (χ2v) is 8.04. The highest BCUT2D eigenvalue weighted by atomic mass is 35.5. The van der Waals surface area contributed by atoms with Crippen molar-refractivity contribution in [1.82, 2.24) is 0 Å². The van der Waals surface area contributed by atoms with Gasteiger partial charge in [0, 0.05) is 5.69 Å². The first-order valence-electron chi connectivity index (χ1n) is 7.86. The van der Waals surface area contributed by atoms with Gasteiger partial charge in [-0.3, -0.25) is 10.1 Å². The van der Waals surface area contributed by atoms with E-state index in [1.54, 1.807) is 66.9 Å². The molecule has 0 fully saturated rings. The van der Waals surface area contributed by atoms with Crippen LogP contribution in [0.3, 0.4) is 0 Å². The molecule has 0 aromatic heterocycles. The number of anilines is 2. The Kier molecular flexibility index (Phi) is 6.01. The van der Waals surface area contributed by atoms with Crippen molar-refractivity contribution in [3.8, 4) is 0 Å². The molecule has 0 unspecified atom stereocenters. The number of rotatable bonds is 6. The molecule has 0 saturated heterocycles.